The Bertz CT molecular complexity index is 1100. The fraction of sp³-hybridized carbons (Fsp3) is 0.174. The van der Waals surface area contributed by atoms with Gasteiger partial charge in [0.2, 0.25) is 11.8 Å². The molecule has 3 rings (SSSR count). The largest absolute Gasteiger partial charge is 0.490 e. The minimum absolute atomic E-state index is 0.158. The summed E-state index contributed by atoms with van der Waals surface area (Å²) in [5.41, 5.74) is 7.04. The van der Waals surface area contributed by atoms with Crippen LogP contribution in [0.25, 0.3) is 10.8 Å². The lowest BCUT2D eigenvalue weighted by molar-refractivity contribution is -0.192. The van der Waals surface area contributed by atoms with Gasteiger partial charge >= 0.3 is 12.1 Å². The zero-order valence-electron chi connectivity index (χ0n) is 17.3. The highest BCUT2D eigenvalue weighted by Crippen LogP contribution is 2.19. The molecule has 0 heterocycles. The fourth-order valence-corrected chi connectivity index (χ4v) is 2.81. The van der Waals surface area contributed by atoms with E-state index in [1.54, 1.807) is 0 Å². The highest BCUT2D eigenvalue weighted by molar-refractivity contribution is 5.99. The highest BCUT2D eigenvalue weighted by Gasteiger charge is 2.38. The van der Waals surface area contributed by atoms with E-state index in [1.165, 1.54) is 0 Å². The van der Waals surface area contributed by atoms with Crippen molar-refractivity contribution in [3.05, 3.63) is 78.4 Å². The number of rotatable bonds is 6. The van der Waals surface area contributed by atoms with Gasteiger partial charge in [0.25, 0.3) is 0 Å². The maximum atomic E-state index is 12.7. The number of hydrogen-bond donors (Lipinski definition) is 4. The Hall–Kier alpha value is -3.92. The molecule has 0 aliphatic rings. The average Bonchev–Trinajstić information content (AvgIpc) is 2.79. The molecule has 3 aromatic carbocycles. The van der Waals surface area contributed by atoms with E-state index in [0.29, 0.717) is 12.1 Å². The Balaban J connectivity index is 0.000000479. The summed E-state index contributed by atoms with van der Waals surface area (Å²) >= 11 is 0. The highest BCUT2D eigenvalue weighted by atomic mass is 19.4. The fourth-order valence-electron chi connectivity index (χ4n) is 2.81. The van der Waals surface area contributed by atoms with E-state index < -0.39 is 18.2 Å². The molecule has 0 bridgehead atoms. The molecular weight excluding hydrogens is 439 g/mol. The van der Waals surface area contributed by atoms with Crippen LogP contribution in [0.4, 0.5) is 18.9 Å². The van der Waals surface area contributed by atoms with Gasteiger partial charge in [-0.15, -0.1) is 0 Å². The molecule has 5 N–H and O–H groups in total. The number of aliphatic carboxylic acids is 1. The number of anilines is 1. The van der Waals surface area contributed by atoms with Crippen LogP contribution in [-0.2, 0) is 20.8 Å². The maximum absolute atomic E-state index is 12.7. The van der Waals surface area contributed by atoms with Gasteiger partial charge in [0, 0.05) is 12.1 Å². The van der Waals surface area contributed by atoms with Crippen LogP contribution >= 0.6 is 0 Å². The van der Waals surface area contributed by atoms with Crippen molar-refractivity contribution >= 4 is 34.2 Å². The minimum atomic E-state index is -5.08. The summed E-state index contributed by atoms with van der Waals surface area (Å²) in [5, 5.41) is 14.8. The maximum Gasteiger partial charge on any atom is 0.490 e. The van der Waals surface area contributed by atoms with Gasteiger partial charge in [-0.2, -0.15) is 13.2 Å². The summed E-state index contributed by atoms with van der Waals surface area (Å²) in [4.78, 5) is 33.4. The molecule has 3 aromatic rings. The Morgan fingerprint density at radius 3 is 2.06 bits per heavy atom. The smallest absolute Gasteiger partial charge is 0.475 e. The van der Waals surface area contributed by atoms with Crippen LogP contribution in [0, 0.1) is 0 Å². The van der Waals surface area contributed by atoms with Gasteiger partial charge in [0.1, 0.15) is 6.04 Å². The number of hydrogen-bond acceptors (Lipinski definition) is 4. The summed E-state index contributed by atoms with van der Waals surface area (Å²) < 4.78 is 31.7. The van der Waals surface area contributed by atoms with Gasteiger partial charge in [-0.3, -0.25) is 9.59 Å². The molecule has 0 fully saturated rings. The van der Waals surface area contributed by atoms with Crippen molar-refractivity contribution in [3.8, 4) is 0 Å². The topological polar surface area (TPSA) is 122 Å². The number of carbonyl (C=O) groups excluding carboxylic acids is 2. The molecule has 0 aromatic heterocycles. The van der Waals surface area contributed by atoms with Crippen LogP contribution in [-0.4, -0.2) is 41.7 Å². The Labute approximate surface area is 187 Å². The molecule has 2 amide bonds. The molecule has 174 valence electrons. The first-order valence-corrected chi connectivity index (χ1v) is 9.73. The van der Waals surface area contributed by atoms with Crippen LogP contribution in [0.3, 0.4) is 0 Å². The zero-order valence-corrected chi connectivity index (χ0v) is 17.3. The standard InChI is InChI=1S/C21H21N3O2.C2HF3O2/c22-14-20(25)24-19(12-15-6-2-1-3-7-15)21(26)23-18-11-10-16-8-4-5-9-17(16)13-18;3-2(4,5)1(6)7/h1-11,13,19H,12,14,22H2,(H,23,26)(H,24,25);(H,6,7)/t19-;/m0./s1. The van der Waals surface area contributed by atoms with Crippen molar-refractivity contribution < 1.29 is 32.7 Å². The second-order valence-corrected chi connectivity index (χ2v) is 6.87. The van der Waals surface area contributed by atoms with Crippen molar-refractivity contribution in [2.45, 2.75) is 18.6 Å². The SMILES string of the molecule is NCC(=O)N[C@@H](Cc1ccccc1)C(=O)Nc1ccc2ccccc2c1.O=C(O)C(F)(F)F. The molecule has 33 heavy (non-hydrogen) atoms. The van der Waals surface area contributed by atoms with Gasteiger partial charge in [-0.05, 0) is 28.5 Å². The van der Waals surface area contributed by atoms with E-state index in [4.69, 9.17) is 15.6 Å². The number of carbonyl (C=O) groups is 3. The molecule has 0 aliphatic carbocycles. The molecule has 0 unspecified atom stereocenters. The number of nitrogens with one attached hydrogen (secondary N) is 2. The Kier molecular flexibility index (Phi) is 8.93. The number of benzene rings is 3. The first-order chi connectivity index (χ1) is 15.6. The van der Waals surface area contributed by atoms with Crippen molar-refractivity contribution in [2.75, 3.05) is 11.9 Å². The molecule has 10 heteroatoms. The van der Waals surface area contributed by atoms with E-state index in [1.807, 2.05) is 72.8 Å². The van der Waals surface area contributed by atoms with Gasteiger partial charge in [-0.25, -0.2) is 4.79 Å². The molecule has 0 saturated heterocycles. The molecule has 0 saturated carbocycles. The first kappa shape index (κ1) is 25.3. The Morgan fingerprint density at radius 2 is 1.48 bits per heavy atom. The number of halogens is 3. The van der Waals surface area contributed by atoms with Crippen molar-refractivity contribution in [3.63, 3.8) is 0 Å². The predicted molar refractivity (Wildman–Crippen MR) is 117 cm³/mol. The monoisotopic (exact) mass is 461 g/mol. The van der Waals surface area contributed by atoms with Gasteiger partial charge < -0.3 is 21.5 Å². The summed E-state index contributed by atoms with van der Waals surface area (Å²) in [7, 11) is 0. The second kappa shape index (κ2) is 11.6. The summed E-state index contributed by atoms with van der Waals surface area (Å²) in [6, 6.07) is 22.5. The number of nitrogens with two attached hydrogens (primary N) is 1. The summed E-state index contributed by atoms with van der Waals surface area (Å²) in [6.45, 7) is -0.158. The molecular formula is C23H22F3N3O4. The number of carboxylic acid groups (broad SMARTS) is 1. The summed E-state index contributed by atoms with van der Waals surface area (Å²) in [5.74, 6) is -3.39. The van der Waals surface area contributed by atoms with Crippen molar-refractivity contribution in [1.29, 1.82) is 0 Å². The third-order valence-electron chi connectivity index (χ3n) is 4.38. The van der Waals surface area contributed by atoms with Crippen molar-refractivity contribution in [1.82, 2.24) is 5.32 Å². The second-order valence-electron chi connectivity index (χ2n) is 6.87. The number of amides is 2. The third kappa shape index (κ3) is 8.26. The number of alkyl halides is 3. The van der Waals surface area contributed by atoms with Gasteiger partial charge in [0.15, 0.2) is 0 Å². The molecule has 0 aliphatic heterocycles. The molecule has 0 radical (unpaired) electrons. The Morgan fingerprint density at radius 1 is 0.909 bits per heavy atom. The van der Waals surface area contributed by atoms with Crippen LogP contribution in [0.5, 0.6) is 0 Å². The lowest BCUT2D eigenvalue weighted by Gasteiger charge is -2.18. The summed E-state index contributed by atoms with van der Waals surface area (Å²) in [6.07, 6.45) is -4.69. The lowest BCUT2D eigenvalue weighted by Crippen LogP contribution is -2.47. The minimum Gasteiger partial charge on any atom is -0.475 e. The van der Waals surface area contributed by atoms with Crippen LogP contribution in [0.2, 0.25) is 0 Å². The van der Waals surface area contributed by atoms with E-state index in [2.05, 4.69) is 10.6 Å². The zero-order chi connectivity index (χ0) is 24.4. The van der Waals surface area contributed by atoms with Gasteiger partial charge in [0.05, 0.1) is 6.54 Å². The average molecular weight is 461 g/mol. The van der Waals surface area contributed by atoms with E-state index in [0.717, 1.165) is 16.3 Å². The van der Waals surface area contributed by atoms with Crippen molar-refractivity contribution in [2.24, 2.45) is 5.73 Å². The number of carboxylic acids is 1. The lowest BCUT2D eigenvalue weighted by atomic mass is 10.0. The number of fused-ring (bicyclic) bond motifs is 1. The van der Waals surface area contributed by atoms with E-state index in [9.17, 15) is 22.8 Å². The molecule has 7 nitrogen and oxygen atoms in total. The molecule has 0 spiro atoms. The van der Waals surface area contributed by atoms with Crippen LogP contribution in [0.1, 0.15) is 5.56 Å². The molecule has 1 atom stereocenters. The quantitative estimate of drug-likeness (QED) is 0.450. The first-order valence-electron chi connectivity index (χ1n) is 9.73. The third-order valence-corrected chi connectivity index (χ3v) is 4.38. The van der Waals surface area contributed by atoms with Gasteiger partial charge in [-0.1, -0.05) is 60.7 Å². The normalized spacial score (nSPS) is 11.6. The predicted octanol–water partition coefficient (Wildman–Crippen LogP) is 3.10. The van der Waals surface area contributed by atoms with Crippen LogP contribution in [0.15, 0.2) is 72.8 Å². The van der Waals surface area contributed by atoms with Crippen LogP contribution < -0.4 is 16.4 Å². The van der Waals surface area contributed by atoms with E-state index in [-0.39, 0.29) is 18.4 Å². The van der Waals surface area contributed by atoms with E-state index >= 15 is 0 Å².